The van der Waals surface area contributed by atoms with Gasteiger partial charge in [0.25, 0.3) is 0 Å². The van der Waals surface area contributed by atoms with E-state index in [0.717, 1.165) is 12.5 Å². The Morgan fingerprint density at radius 2 is 0.640 bits per heavy atom. The monoisotopic (exact) mass is 1240 g/mol. The average Bonchev–Trinajstić information content (AvgIpc) is 0.717. The zero-order chi connectivity index (χ0) is 63.4. The van der Waals surface area contributed by atoms with Crippen molar-refractivity contribution in [1.82, 2.24) is 0 Å². The first-order valence-corrected chi connectivity index (χ1v) is 25.6. The molecule has 1 aromatic heterocycles. The van der Waals surface area contributed by atoms with Crippen molar-refractivity contribution in [3.05, 3.63) is 219 Å². The van der Waals surface area contributed by atoms with Crippen LogP contribution in [0.3, 0.4) is 0 Å². The summed E-state index contributed by atoms with van der Waals surface area (Å²) in [5.41, 5.74) is -23.5. The Morgan fingerprint density at radius 3 is 0.965 bits per heavy atom. The first-order chi connectivity index (χ1) is 39.6. The zero-order valence-electron chi connectivity index (χ0n) is 43.5. The molecule has 1 aliphatic carbocycles. The molecule has 0 radical (unpaired) electrons. The Balaban J connectivity index is 0.000000274. The number of benzene rings is 7. The topological polar surface area (TPSA) is 3.88 Å². The first-order valence-electron chi connectivity index (χ1n) is 25.6. The van der Waals surface area contributed by atoms with E-state index in [1.54, 1.807) is 0 Å². The maximum absolute atomic E-state index is 14.2. The lowest BCUT2D eigenvalue weighted by Gasteiger charge is -2.46. The fourth-order valence-electron chi connectivity index (χ4n) is 10.9. The molecule has 9 rings (SSSR count). The molecule has 0 bridgehead atoms. The molecule has 1 aliphatic rings. The summed E-state index contributed by atoms with van der Waals surface area (Å²) in [6, 6.07) is 24.6. The van der Waals surface area contributed by atoms with Crippen LogP contribution in [0, 0.1) is 0 Å². The molecular formula is C60H40BF24N. The third-order valence-corrected chi connectivity index (χ3v) is 14.8. The Morgan fingerprint density at radius 1 is 0.326 bits per heavy atom. The summed E-state index contributed by atoms with van der Waals surface area (Å²) in [4.78, 5) is 0. The van der Waals surface area contributed by atoms with Gasteiger partial charge in [-0.3, -0.25) is 0 Å². The number of alkyl halides is 24. The van der Waals surface area contributed by atoms with Crippen molar-refractivity contribution in [2.75, 3.05) is 0 Å². The minimum Gasteiger partial charge on any atom is -0.194 e. The number of pyridine rings is 1. The van der Waals surface area contributed by atoms with Crippen molar-refractivity contribution in [3.63, 3.8) is 0 Å². The van der Waals surface area contributed by atoms with Gasteiger partial charge in [0.15, 0.2) is 6.54 Å². The lowest BCUT2D eigenvalue weighted by molar-refractivity contribution is -0.651. The number of rotatable bonds is 8. The van der Waals surface area contributed by atoms with Crippen LogP contribution < -0.4 is 26.4 Å². The van der Waals surface area contributed by atoms with Crippen LogP contribution in [0.4, 0.5) is 105 Å². The van der Waals surface area contributed by atoms with Crippen LogP contribution >= 0.6 is 0 Å². The van der Waals surface area contributed by atoms with E-state index in [2.05, 4.69) is 95.6 Å². The van der Waals surface area contributed by atoms with Crippen LogP contribution in [-0.4, -0.2) is 6.15 Å². The second-order valence-corrected chi connectivity index (χ2v) is 20.5. The maximum atomic E-state index is 14.2. The highest BCUT2D eigenvalue weighted by Gasteiger charge is 2.47. The van der Waals surface area contributed by atoms with Gasteiger partial charge in [-0.05, 0) is 72.9 Å². The molecule has 0 spiro atoms. The van der Waals surface area contributed by atoms with Crippen molar-refractivity contribution < 1.29 is 110 Å². The lowest BCUT2D eigenvalue weighted by Crippen LogP contribution is -2.75. The van der Waals surface area contributed by atoms with Crippen molar-refractivity contribution in [2.45, 2.75) is 94.0 Å². The van der Waals surface area contributed by atoms with Gasteiger partial charge < -0.3 is 0 Å². The molecule has 1 fully saturated rings. The summed E-state index contributed by atoms with van der Waals surface area (Å²) in [6.07, 6.45) is -47.9. The highest BCUT2D eigenvalue weighted by Crippen LogP contribution is 2.42. The fraction of sp³-hybridized carbons (Fsp3) is 0.250. The Kier molecular flexibility index (Phi) is 17.4. The summed E-state index contributed by atoms with van der Waals surface area (Å²) in [7, 11) is 0. The third kappa shape index (κ3) is 14.3. The van der Waals surface area contributed by atoms with Gasteiger partial charge in [0, 0.05) is 28.6 Å². The molecule has 0 unspecified atom stereocenters. The van der Waals surface area contributed by atoms with E-state index in [0.29, 0.717) is 0 Å². The standard InChI is InChI=1S/C32H12BF24.C28H28N/c34-25(35,36)13-1-14(26(37,38)39)6-21(5-13)33(22-7-15(27(40,41)42)2-16(8-22)28(43,44)45,23-9-17(29(46,47)48)3-18(10-23)30(49,50)51)24-11-19(31(52,53)54)4-20(12-24)32(55,56)57;1-3-9-22(10-4-1)21-29-27-14-8-7-13-25(27)19-20-28(29)26-17-15-24(16-18-26)23-11-5-2-6-12-23/h1-12H;1,3-4,7-10,13-20,23H,2,5-6,11-12,21H2/q-1;+1. The number of hydrogen-bond donors (Lipinski definition) is 0. The molecule has 0 amide bonds. The number of nitrogens with zero attached hydrogens (tertiary/aromatic N) is 1. The van der Waals surface area contributed by atoms with Gasteiger partial charge in [-0.2, -0.15) is 132 Å². The largest absolute Gasteiger partial charge is 0.416 e. The Bertz CT molecular complexity index is 3270. The summed E-state index contributed by atoms with van der Waals surface area (Å²) in [5, 5.41) is 1.28. The second-order valence-electron chi connectivity index (χ2n) is 20.5. The number of aromatic nitrogens is 1. The van der Waals surface area contributed by atoms with Crippen LogP contribution in [0.1, 0.15) is 93.7 Å². The second kappa shape index (κ2) is 23.2. The van der Waals surface area contributed by atoms with Crippen LogP contribution in [0.2, 0.25) is 0 Å². The molecular weight excluding hydrogens is 1200 g/mol. The van der Waals surface area contributed by atoms with Crippen LogP contribution in [0.5, 0.6) is 0 Å². The van der Waals surface area contributed by atoms with E-state index >= 15 is 0 Å². The summed E-state index contributed by atoms with van der Waals surface area (Å²) >= 11 is 0. The predicted molar refractivity (Wildman–Crippen MR) is 271 cm³/mol. The molecule has 456 valence electrons. The minimum absolute atomic E-state index is 0.691. The van der Waals surface area contributed by atoms with Crippen molar-refractivity contribution in [3.8, 4) is 11.3 Å². The smallest absolute Gasteiger partial charge is 0.194 e. The summed E-state index contributed by atoms with van der Waals surface area (Å²) in [5.74, 6) is 0.755. The predicted octanol–water partition coefficient (Wildman–Crippen LogP) is 18.1. The molecule has 0 atom stereocenters. The van der Waals surface area contributed by atoms with Gasteiger partial charge in [-0.25, -0.2) is 0 Å². The number of fused-ring (bicyclic) bond motifs is 1. The van der Waals surface area contributed by atoms with E-state index in [4.69, 9.17) is 0 Å². The zero-order valence-corrected chi connectivity index (χ0v) is 43.5. The van der Waals surface area contributed by atoms with Gasteiger partial charge in [0.2, 0.25) is 11.2 Å². The van der Waals surface area contributed by atoms with Crippen molar-refractivity contribution in [1.29, 1.82) is 0 Å². The highest BCUT2D eigenvalue weighted by molar-refractivity contribution is 7.20. The lowest BCUT2D eigenvalue weighted by atomic mass is 9.12. The van der Waals surface area contributed by atoms with Crippen LogP contribution in [0.25, 0.3) is 22.2 Å². The van der Waals surface area contributed by atoms with Gasteiger partial charge in [-0.15, -0.1) is 0 Å². The maximum Gasteiger partial charge on any atom is 0.416 e. The molecule has 8 aromatic rings. The van der Waals surface area contributed by atoms with Gasteiger partial charge in [0.1, 0.15) is 6.15 Å². The van der Waals surface area contributed by atoms with E-state index < -0.39 is 195 Å². The number of hydrogen-bond acceptors (Lipinski definition) is 0. The minimum atomic E-state index is -6.13. The molecule has 1 nitrogen and oxygen atoms in total. The van der Waals surface area contributed by atoms with Gasteiger partial charge >= 0.3 is 49.4 Å². The molecule has 26 heteroatoms. The van der Waals surface area contributed by atoms with Crippen molar-refractivity contribution >= 4 is 38.9 Å². The summed E-state index contributed by atoms with van der Waals surface area (Å²) < 4.78 is 343. The number of para-hydroxylation sites is 1. The van der Waals surface area contributed by atoms with E-state index in [9.17, 15) is 105 Å². The van der Waals surface area contributed by atoms with Crippen LogP contribution in [0.15, 0.2) is 164 Å². The summed E-state index contributed by atoms with van der Waals surface area (Å²) in [6.45, 7) is 0.877. The number of halogens is 24. The molecule has 86 heavy (non-hydrogen) atoms. The van der Waals surface area contributed by atoms with E-state index in [-0.39, 0.29) is 0 Å². The van der Waals surface area contributed by atoms with Gasteiger partial charge in [-0.1, -0.05) is 122 Å². The van der Waals surface area contributed by atoms with E-state index in [1.807, 2.05) is 0 Å². The van der Waals surface area contributed by atoms with E-state index in [1.165, 1.54) is 65.4 Å². The molecule has 7 aromatic carbocycles. The van der Waals surface area contributed by atoms with Gasteiger partial charge in [0.05, 0.1) is 44.5 Å². The third-order valence-electron chi connectivity index (χ3n) is 14.8. The average molecular weight is 1240 g/mol. The quantitative estimate of drug-likeness (QED) is 0.0811. The fourth-order valence-corrected chi connectivity index (χ4v) is 10.9. The van der Waals surface area contributed by atoms with Crippen molar-refractivity contribution in [2.24, 2.45) is 0 Å². The normalized spacial score (nSPS) is 14.5. The molecule has 1 heterocycles. The Labute approximate surface area is 472 Å². The van der Waals surface area contributed by atoms with Crippen LogP contribution in [-0.2, 0) is 56.0 Å². The first kappa shape index (κ1) is 64.3. The highest BCUT2D eigenvalue weighted by atomic mass is 19.4. The Hall–Kier alpha value is -7.67. The molecule has 1 saturated carbocycles. The molecule has 0 saturated heterocycles. The SMILES string of the molecule is FC(F)(F)c1cc([B-](c2cc(C(F)(F)F)cc(C(F)(F)F)c2)(c2cc(C(F)(F)F)cc(C(F)(F)F)c2)c2cc(C(F)(F)F)cc(C(F)(F)F)c2)cc(C(F)(F)F)c1.c1ccc(C[n+]2c(-c3ccc(C4CCCCC4)cc3)ccc3ccccc32)cc1. The molecule has 0 aliphatic heterocycles. The molecule has 0 N–H and O–H groups in total.